The molecule has 0 saturated carbocycles. The molecule has 0 bridgehead atoms. The number of hydrogen-bond donors (Lipinski definition) is 1. The Kier molecular flexibility index (Phi) is 6.18. The maximum absolute atomic E-state index is 13.5. The van der Waals surface area contributed by atoms with E-state index in [1.165, 1.54) is 31.4 Å². The Hall–Kier alpha value is -3.71. The number of nitrogens with zero attached hydrogens (tertiary/aromatic N) is 3. The van der Waals surface area contributed by atoms with Crippen LogP contribution in [-0.4, -0.2) is 33.0 Å². The smallest absolute Gasteiger partial charge is 0.174 e. The van der Waals surface area contributed by atoms with Crippen molar-refractivity contribution in [2.45, 2.75) is 12.3 Å². The minimum atomic E-state index is -0.709. The van der Waals surface area contributed by atoms with E-state index in [4.69, 9.17) is 16.3 Å². The van der Waals surface area contributed by atoms with Crippen molar-refractivity contribution in [2.24, 2.45) is 0 Å². The first-order chi connectivity index (χ1) is 15.4. The normalized spacial score (nSPS) is 11.8. The number of ketones is 1. The van der Waals surface area contributed by atoms with Gasteiger partial charge < -0.3 is 9.84 Å². The van der Waals surface area contributed by atoms with E-state index in [2.05, 4.69) is 10.3 Å². The number of carbonyl (C=O) groups excluding carboxylic acids is 1. The molecule has 162 valence electrons. The summed E-state index contributed by atoms with van der Waals surface area (Å²) in [5, 5.41) is 19.3. The molecule has 0 spiro atoms. The van der Waals surface area contributed by atoms with Crippen LogP contribution in [0.1, 0.15) is 27.5 Å². The molecule has 6 nitrogen and oxygen atoms in total. The van der Waals surface area contributed by atoms with Crippen LogP contribution in [-0.2, 0) is 6.42 Å². The fourth-order valence-electron chi connectivity index (χ4n) is 3.44. The monoisotopic (exact) mass is 451 g/mol. The molecule has 0 amide bonds. The van der Waals surface area contributed by atoms with Crippen LogP contribution in [0, 0.1) is 5.82 Å². The molecule has 32 heavy (non-hydrogen) atoms. The number of carbonyl (C=O) groups is 1. The SMILES string of the molecule is COc1ccc(C(=O)C(Cc2cn(-c3cccc(Cl)c3)nn2)c2ccc(F)cc2)c(O)c1. The van der Waals surface area contributed by atoms with Gasteiger partial charge in [0.25, 0.3) is 0 Å². The lowest BCUT2D eigenvalue weighted by Gasteiger charge is -2.16. The van der Waals surface area contributed by atoms with Gasteiger partial charge in [-0.3, -0.25) is 4.79 Å². The first-order valence-electron chi connectivity index (χ1n) is 9.78. The van der Waals surface area contributed by atoms with Gasteiger partial charge in [-0.2, -0.15) is 0 Å². The van der Waals surface area contributed by atoms with Crippen molar-refractivity contribution < 1.29 is 19.0 Å². The highest BCUT2D eigenvalue weighted by Gasteiger charge is 2.26. The van der Waals surface area contributed by atoms with Crippen LogP contribution in [0.4, 0.5) is 4.39 Å². The third kappa shape index (κ3) is 4.63. The summed E-state index contributed by atoms with van der Waals surface area (Å²) in [5.41, 5.74) is 2.03. The lowest BCUT2D eigenvalue weighted by molar-refractivity contribution is 0.0955. The summed E-state index contributed by atoms with van der Waals surface area (Å²) in [6.45, 7) is 0. The van der Waals surface area contributed by atoms with Gasteiger partial charge in [0, 0.05) is 17.5 Å². The average Bonchev–Trinajstić information content (AvgIpc) is 3.26. The van der Waals surface area contributed by atoms with Crippen LogP contribution in [0.15, 0.2) is 72.9 Å². The minimum absolute atomic E-state index is 0.141. The van der Waals surface area contributed by atoms with Crippen LogP contribution >= 0.6 is 11.6 Å². The van der Waals surface area contributed by atoms with Gasteiger partial charge >= 0.3 is 0 Å². The van der Waals surface area contributed by atoms with Crippen LogP contribution in [0.25, 0.3) is 5.69 Å². The summed E-state index contributed by atoms with van der Waals surface area (Å²) in [4.78, 5) is 13.4. The fourth-order valence-corrected chi connectivity index (χ4v) is 3.62. The van der Waals surface area contributed by atoms with Crippen molar-refractivity contribution in [2.75, 3.05) is 7.11 Å². The molecule has 1 atom stereocenters. The van der Waals surface area contributed by atoms with Crippen LogP contribution in [0.2, 0.25) is 5.02 Å². The first-order valence-corrected chi connectivity index (χ1v) is 10.2. The zero-order chi connectivity index (χ0) is 22.7. The molecule has 0 radical (unpaired) electrons. The van der Waals surface area contributed by atoms with E-state index in [1.54, 1.807) is 47.3 Å². The molecule has 8 heteroatoms. The van der Waals surface area contributed by atoms with Crippen LogP contribution < -0.4 is 4.74 Å². The van der Waals surface area contributed by atoms with E-state index in [9.17, 15) is 14.3 Å². The Morgan fingerprint density at radius 1 is 1.16 bits per heavy atom. The van der Waals surface area contributed by atoms with Crippen LogP contribution in [0.5, 0.6) is 11.5 Å². The van der Waals surface area contributed by atoms with Gasteiger partial charge in [-0.25, -0.2) is 9.07 Å². The minimum Gasteiger partial charge on any atom is -0.507 e. The highest BCUT2D eigenvalue weighted by molar-refractivity contribution is 6.30. The van der Waals surface area contributed by atoms with E-state index < -0.39 is 11.7 Å². The van der Waals surface area contributed by atoms with E-state index in [0.717, 1.165) is 5.69 Å². The third-order valence-corrected chi connectivity index (χ3v) is 5.32. The number of halogens is 2. The molecule has 0 aliphatic rings. The van der Waals surface area contributed by atoms with Gasteiger partial charge in [-0.05, 0) is 48.0 Å². The number of phenols is 1. The zero-order valence-electron chi connectivity index (χ0n) is 17.1. The maximum atomic E-state index is 13.5. The van der Waals surface area contributed by atoms with E-state index in [-0.39, 0.29) is 23.5 Å². The molecule has 1 N–H and O–H groups in total. The Morgan fingerprint density at radius 2 is 1.94 bits per heavy atom. The lowest BCUT2D eigenvalue weighted by Crippen LogP contribution is -2.16. The summed E-state index contributed by atoms with van der Waals surface area (Å²) in [6, 6.07) is 17.3. The summed E-state index contributed by atoms with van der Waals surface area (Å²) in [7, 11) is 1.47. The highest BCUT2D eigenvalue weighted by Crippen LogP contribution is 2.31. The van der Waals surface area contributed by atoms with Gasteiger partial charge in [0.15, 0.2) is 5.78 Å². The lowest BCUT2D eigenvalue weighted by atomic mass is 9.86. The number of phenolic OH excluding ortho intramolecular Hbond substituents is 1. The zero-order valence-corrected chi connectivity index (χ0v) is 17.8. The predicted molar refractivity (Wildman–Crippen MR) is 118 cm³/mol. The van der Waals surface area contributed by atoms with Crippen molar-refractivity contribution in [3.05, 3.63) is 101 Å². The molecule has 1 aromatic heterocycles. The van der Waals surface area contributed by atoms with Gasteiger partial charge in [0.1, 0.15) is 17.3 Å². The molecular weight excluding hydrogens is 433 g/mol. The summed E-state index contributed by atoms with van der Waals surface area (Å²) >= 11 is 6.06. The second-order valence-electron chi connectivity index (χ2n) is 7.19. The van der Waals surface area contributed by atoms with E-state index in [0.29, 0.717) is 22.0 Å². The fraction of sp³-hybridized carbons (Fsp3) is 0.125. The van der Waals surface area contributed by atoms with Gasteiger partial charge in [0.05, 0.1) is 36.2 Å². The molecule has 1 unspecified atom stereocenters. The Balaban J connectivity index is 1.68. The Morgan fingerprint density at radius 3 is 2.62 bits per heavy atom. The number of benzene rings is 3. The standard InChI is InChI=1S/C24H19ClFN3O3/c1-32-20-9-10-21(23(30)13-20)24(31)22(15-5-7-17(26)8-6-15)12-18-14-29(28-27-18)19-4-2-3-16(25)11-19/h2-11,13-14,22,30H,12H2,1H3. The molecule has 0 aliphatic heterocycles. The number of ether oxygens (including phenoxy) is 1. The van der Waals surface area contributed by atoms with Gasteiger partial charge in [0.2, 0.25) is 0 Å². The Labute approximate surface area is 188 Å². The molecule has 4 aromatic rings. The average molecular weight is 452 g/mol. The number of hydrogen-bond acceptors (Lipinski definition) is 5. The van der Waals surface area contributed by atoms with Crippen molar-refractivity contribution in [1.29, 1.82) is 0 Å². The third-order valence-electron chi connectivity index (χ3n) is 5.09. The molecule has 0 saturated heterocycles. The van der Waals surface area contributed by atoms with E-state index >= 15 is 0 Å². The molecule has 1 heterocycles. The largest absolute Gasteiger partial charge is 0.507 e. The van der Waals surface area contributed by atoms with Crippen molar-refractivity contribution in [1.82, 2.24) is 15.0 Å². The second-order valence-corrected chi connectivity index (χ2v) is 7.63. The topological polar surface area (TPSA) is 77.2 Å². The summed E-state index contributed by atoms with van der Waals surface area (Å²) in [5.74, 6) is -1.20. The quantitative estimate of drug-likeness (QED) is 0.401. The highest BCUT2D eigenvalue weighted by atomic mass is 35.5. The van der Waals surface area contributed by atoms with Crippen molar-refractivity contribution >= 4 is 17.4 Å². The molecule has 0 aliphatic carbocycles. The number of methoxy groups -OCH3 is 1. The van der Waals surface area contributed by atoms with Gasteiger partial charge in [-0.15, -0.1) is 5.10 Å². The summed E-state index contributed by atoms with van der Waals surface area (Å²) < 4.78 is 20.2. The molecule has 4 rings (SSSR count). The molecular formula is C24H19ClFN3O3. The number of Topliss-reactive ketones (excluding diaryl/α,β-unsaturated/α-hetero) is 1. The number of aromatic nitrogens is 3. The van der Waals surface area contributed by atoms with E-state index in [1.807, 2.05) is 6.07 Å². The maximum Gasteiger partial charge on any atom is 0.174 e. The Bertz CT molecular complexity index is 1260. The second kappa shape index (κ2) is 9.20. The predicted octanol–water partition coefficient (Wildman–Crippen LogP) is 4.98. The molecule has 0 fully saturated rings. The van der Waals surface area contributed by atoms with Gasteiger partial charge in [-0.1, -0.05) is 35.0 Å². The summed E-state index contributed by atoms with van der Waals surface area (Å²) in [6.07, 6.45) is 1.92. The van der Waals surface area contributed by atoms with Crippen LogP contribution in [0.3, 0.4) is 0 Å². The van der Waals surface area contributed by atoms with Crippen molar-refractivity contribution in [3.63, 3.8) is 0 Å². The first kappa shape index (κ1) is 21.5. The number of aromatic hydroxyl groups is 1. The molecule has 3 aromatic carbocycles. The number of rotatable bonds is 7. The van der Waals surface area contributed by atoms with Crippen molar-refractivity contribution in [3.8, 4) is 17.2 Å².